The maximum atomic E-state index is 5.69. The van der Waals surface area contributed by atoms with E-state index in [1.807, 2.05) is 19.2 Å². The van der Waals surface area contributed by atoms with Crippen molar-refractivity contribution in [1.82, 2.24) is 15.3 Å². The average molecular weight is 271 g/mol. The highest BCUT2D eigenvalue weighted by molar-refractivity contribution is 5.33. The van der Waals surface area contributed by atoms with Crippen molar-refractivity contribution < 1.29 is 4.74 Å². The van der Waals surface area contributed by atoms with Gasteiger partial charge >= 0.3 is 0 Å². The maximum Gasteiger partial charge on any atom is 0.237 e. The molecule has 0 aliphatic carbocycles. The molecule has 1 N–H and O–H groups in total. The molecule has 0 aliphatic rings. The van der Waals surface area contributed by atoms with Gasteiger partial charge in [-0.05, 0) is 30.2 Å². The van der Waals surface area contributed by atoms with Gasteiger partial charge in [0.15, 0.2) is 0 Å². The lowest BCUT2D eigenvalue weighted by molar-refractivity contribution is 0.458. The average Bonchev–Trinajstić information content (AvgIpc) is 2.41. The summed E-state index contributed by atoms with van der Waals surface area (Å²) in [6.07, 6.45) is 3.36. The quantitative estimate of drug-likeness (QED) is 0.927. The van der Waals surface area contributed by atoms with E-state index in [9.17, 15) is 0 Å². The zero-order chi connectivity index (χ0) is 14.6. The largest absolute Gasteiger partial charge is 0.438 e. The zero-order valence-electron chi connectivity index (χ0n) is 12.5. The van der Waals surface area contributed by atoms with Gasteiger partial charge in [0, 0.05) is 6.54 Å². The van der Waals surface area contributed by atoms with Crippen molar-refractivity contribution >= 4 is 0 Å². The normalized spacial score (nSPS) is 11.4. The van der Waals surface area contributed by atoms with Crippen LogP contribution in [-0.2, 0) is 12.0 Å². The first kappa shape index (κ1) is 14.5. The highest BCUT2D eigenvalue weighted by Crippen LogP contribution is 2.25. The Morgan fingerprint density at radius 2 is 1.75 bits per heavy atom. The number of aromatic nitrogens is 2. The maximum absolute atomic E-state index is 5.69. The Morgan fingerprint density at radius 1 is 1.05 bits per heavy atom. The Hall–Kier alpha value is -1.94. The molecule has 106 valence electrons. The molecule has 1 heterocycles. The van der Waals surface area contributed by atoms with Crippen LogP contribution < -0.4 is 10.1 Å². The summed E-state index contributed by atoms with van der Waals surface area (Å²) >= 11 is 0. The Morgan fingerprint density at radius 3 is 2.25 bits per heavy atom. The van der Waals surface area contributed by atoms with E-state index in [1.165, 1.54) is 5.56 Å². The van der Waals surface area contributed by atoms with Gasteiger partial charge in [-0.3, -0.25) is 4.98 Å². The molecule has 0 radical (unpaired) electrons. The van der Waals surface area contributed by atoms with E-state index >= 15 is 0 Å². The summed E-state index contributed by atoms with van der Waals surface area (Å²) in [5, 5.41) is 3.03. The fourth-order valence-electron chi connectivity index (χ4n) is 1.81. The van der Waals surface area contributed by atoms with Gasteiger partial charge < -0.3 is 10.1 Å². The number of ether oxygens (including phenoxy) is 1. The molecule has 1 aromatic carbocycles. The molecule has 0 spiro atoms. The van der Waals surface area contributed by atoms with Gasteiger partial charge in [-0.1, -0.05) is 32.9 Å². The Kier molecular flexibility index (Phi) is 4.35. The van der Waals surface area contributed by atoms with E-state index in [2.05, 4.69) is 48.2 Å². The van der Waals surface area contributed by atoms with Crippen LogP contribution in [0, 0.1) is 0 Å². The third-order valence-electron chi connectivity index (χ3n) is 2.98. The molecule has 4 heteroatoms. The van der Waals surface area contributed by atoms with Gasteiger partial charge in [-0.15, -0.1) is 0 Å². The molecule has 0 bridgehead atoms. The second-order valence-corrected chi connectivity index (χ2v) is 5.75. The minimum atomic E-state index is 0.146. The number of benzene rings is 1. The van der Waals surface area contributed by atoms with Crippen molar-refractivity contribution in [3.05, 3.63) is 47.9 Å². The molecule has 0 saturated carbocycles. The highest BCUT2D eigenvalue weighted by atomic mass is 16.5. The van der Waals surface area contributed by atoms with Crippen LogP contribution in [0.15, 0.2) is 36.7 Å². The summed E-state index contributed by atoms with van der Waals surface area (Å²) < 4.78 is 5.69. The summed E-state index contributed by atoms with van der Waals surface area (Å²) in [7, 11) is 1.88. The molecule has 1 aromatic heterocycles. The first-order valence-corrected chi connectivity index (χ1v) is 6.73. The molecule has 0 aliphatic heterocycles. The predicted molar refractivity (Wildman–Crippen MR) is 80.0 cm³/mol. The van der Waals surface area contributed by atoms with Crippen molar-refractivity contribution in [2.45, 2.75) is 32.7 Å². The molecular formula is C16H21N3O. The summed E-state index contributed by atoms with van der Waals surface area (Å²) in [4.78, 5) is 8.51. The minimum Gasteiger partial charge on any atom is -0.438 e. The summed E-state index contributed by atoms with van der Waals surface area (Å²) in [6.45, 7) is 7.27. The van der Waals surface area contributed by atoms with Gasteiger partial charge in [-0.2, -0.15) is 0 Å². The molecule has 4 nitrogen and oxygen atoms in total. The second kappa shape index (κ2) is 6.01. The standard InChI is InChI=1S/C16H21N3O/c1-16(2,3)12-5-7-14(8-6-12)20-15-11-18-13(9-17-4)10-19-15/h5-8,10-11,17H,9H2,1-4H3. The number of nitrogens with one attached hydrogen (secondary N) is 1. The zero-order valence-corrected chi connectivity index (χ0v) is 12.5. The van der Waals surface area contributed by atoms with E-state index in [1.54, 1.807) is 12.4 Å². The lowest BCUT2D eigenvalue weighted by Gasteiger charge is -2.19. The fourth-order valence-corrected chi connectivity index (χ4v) is 1.81. The topological polar surface area (TPSA) is 47.0 Å². The van der Waals surface area contributed by atoms with Gasteiger partial charge in [0.05, 0.1) is 18.1 Å². The van der Waals surface area contributed by atoms with E-state index in [4.69, 9.17) is 4.74 Å². The summed E-state index contributed by atoms with van der Waals surface area (Å²) in [5.41, 5.74) is 2.32. The fraction of sp³-hybridized carbons (Fsp3) is 0.375. The monoisotopic (exact) mass is 271 g/mol. The van der Waals surface area contributed by atoms with Crippen molar-refractivity contribution in [2.75, 3.05) is 7.05 Å². The Labute approximate surface area is 120 Å². The molecule has 0 amide bonds. The highest BCUT2D eigenvalue weighted by Gasteiger charge is 2.13. The van der Waals surface area contributed by atoms with E-state index in [0.29, 0.717) is 12.4 Å². The smallest absolute Gasteiger partial charge is 0.237 e. The van der Waals surface area contributed by atoms with Crippen LogP contribution in [-0.4, -0.2) is 17.0 Å². The van der Waals surface area contributed by atoms with E-state index < -0.39 is 0 Å². The van der Waals surface area contributed by atoms with Gasteiger partial charge in [0.2, 0.25) is 5.88 Å². The lowest BCUT2D eigenvalue weighted by atomic mass is 9.87. The van der Waals surface area contributed by atoms with Crippen molar-refractivity contribution in [3.8, 4) is 11.6 Å². The second-order valence-electron chi connectivity index (χ2n) is 5.75. The molecule has 0 fully saturated rings. The molecule has 2 rings (SSSR count). The molecule has 0 saturated heterocycles. The first-order chi connectivity index (χ1) is 9.49. The predicted octanol–water partition coefficient (Wildman–Crippen LogP) is 3.29. The van der Waals surface area contributed by atoms with E-state index in [-0.39, 0.29) is 5.41 Å². The first-order valence-electron chi connectivity index (χ1n) is 6.73. The molecule has 2 aromatic rings. The van der Waals surface area contributed by atoms with Crippen LogP contribution in [0.25, 0.3) is 0 Å². The van der Waals surface area contributed by atoms with Crippen LogP contribution in [0.1, 0.15) is 32.0 Å². The van der Waals surface area contributed by atoms with Gasteiger partial charge in [0.1, 0.15) is 5.75 Å². The SMILES string of the molecule is CNCc1cnc(Oc2ccc(C(C)(C)C)cc2)cn1. The third-order valence-corrected chi connectivity index (χ3v) is 2.98. The van der Waals surface area contributed by atoms with Gasteiger partial charge in [0.25, 0.3) is 0 Å². The number of hydrogen-bond acceptors (Lipinski definition) is 4. The molecule has 0 atom stereocenters. The number of rotatable bonds is 4. The summed E-state index contributed by atoms with van der Waals surface area (Å²) in [5.74, 6) is 1.28. The molecular weight excluding hydrogens is 250 g/mol. The lowest BCUT2D eigenvalue weighted by Crippen LogP contribution is -2.10. The Bertz CT molecular complexity index is 541. The van der Waals surface area contributed by atoms with Gasteiger partial charge in [-0.25, -0.2) is 4.98 Å². The van der Waals surface area contributed by atoms with Crippen molar-refractivity contribution in [1.29, 1.82) is 0 Å². The molecule has 0 unspecified atom stereocenters. The van der Waals surface area contributed by atoms with Crippen LogP contribution >= 0.6 is 0 Å². The number of nitrogens with zero attached hydrogens (tertiary/aromatic N) is 2. The van der Waals surface area contributed by atoms with Crippen LogP contribution in [0.5, 0.6) is 11.6 Å². The summed E-state index contributed by atoms with van der Waals surface area (Å²) in [6, 6.07) is 8.09. The number of hydrogen-bond donors (Lipinski definition) is 1. The van der Waals surface area contributed by atoms with Crippen LogP contribution in [0.3, 0.4) is 0 Å². The van der Waals surface area contributed by atoms with E-state index in [0.717, 1.165) is 11.4 Å². The third kappa shape index (κ3) is 3.78. The van der Waals surface area contributed by atoms with Crippen LogP contribution in [0.2, 0.25) is 0 Å². The Balaban J connectivity index is 2.06. The molecule has 20 heavy (non-hydrogen) atoms. The minimum absolute atomic E-state index is 0.146. The van der Waals surface area contributed by atoms with Crippen molar-refractivity contribution in [3.63, 3.8) is 0 Å². The van der Waals surface area contributed by atoms with Crippen LogP contribution in [0.4, 0.5) is 0 Å². The van der Waals surface area contributed by atoms with Crippen molar-refractivity contribution in [2.24, 2.45) is 0 Å².